The summed E-state index contributed by atoms with van der Waals surface area (Å²) >= 11 is 0. The molecule has 2 N–H and O–H groups in total. The van der Waals surface area contributed by atoms with Gasteiger partial charge in [0.1, 0.15) is 0 Å². The number of carboxylic acid groups (broad SMARTS) is 2. The maximum Gasteiger partial charge on any atom is 0.330 e. The number of carboxylic acids is 2. The van der Waals surface area contributed by atoms with Gasteiger partial charge >= 0.3 is 11.9 Å². The van der Waals surface area contributed by atoms with E-state index in [4.69, 9.17) is 10.2 Å². The molecule has 0 aromatic heterocycles. The van der Waals surface area contributed by atoms with Gasteiger partial charge < -0.3 is 10.2 Å². The smallest absolute Gasteiger partial charge is 0.330 e. The van der Waals surface area contributed by atoms with Crippen molar-refractivity contribution >= 4 is 18.0 Å². The standard InChI is InChI=1S/C8H8.C7H12O2.C5H8O2/c1-2-8-6-4-3-5-7-8;1-7(2,3)5-4-6(8)9;1-3-4(2)5(6)7/h2-7H,1H2;4-5H,1-3H3,(H,8,9);3H,1-2H3,(H,6,7). The van der Waals surface area contributed by atoms with Crippen molar-refractivity contribution < 1.29 is 19.8 Å². The number of hydrogen-bond acceptors (Lipinski definition) is 2. The van der Waals surface area contributed by atoms with Gasteiger partial charge in [0, 0.05) is 11.6 Å². The van der Waals surface area contributed by atoms with Gasteiger partial charge in [-0.3, -0.25) is 0 Å². The van der Waals surface area contributed by atoms with Crippen molar-refractivity contribution in [2.24, 2.45) is 5.41 Å². The molecule has 24 heavy (non-hydrogen) atoms. The number of aliphatic carboxylic acids is 2. The molecule has 4 nitrogen and oxygen atoms in total. The molecule has 0 aliphatic rings. The SMILES string of the molecule is C=Cc1ccccc1.CC(C)(C)C=CC(=O)O.CC=C(C)C(=O)O. The Morgan fingerprint density at radius 3 is 1.75 bits per heavy atom. The summed E-state index contributed by atoms with van der Waals surface area (Å²) in [6.45, 7) is 12.7. The quantitative estimate of drug-likeness (QED) is 0.760. The number of carbonyl (C=O) groups is 2. The van der Waals surface area contributed by atoms with Crippen LogP contribution < -0.4 is 0 Å². The van der Waals surface area contributed by atoms with E-state index in [1.54, 1.807) is 26.0 Å². The lowest BCUT2D eigenvalue weighted by Crippen LogP contribution is -2.00. The van der Waals surface area contributed by atoms with Gasteiger partial charge in [0.2, 0.25) is 0 Å². The second-order valence-electron chi connectivity index (χ2n) is 5.93. The molecular weight excluding hydrogens is 304 g/mol. The molecule has 0 saturated carbocycles. The predicted octanol–water partition coefficient (Wildman–Crippen LogP) is 5.04. The lowest BCUT2D eigenvalue weighted by atomic mass is 9.96. The van der Waals surface area contributed by atoms with E-state index in [1.165, 1.54) is 11.6 Å². The van der Waals surface area contributed by atoms with E-state index in [9.17, 15) is 9.59 Å². The zero-order chi connectivity index (χ0) is 19.2. The molecule has 0 heterocycles. The topological polar surface area (TPSA) is 74.6 Å². The van der Waals surface area contributed by atoms with Crippen LogP contribution >= 0.6 is 0 Å². The van der Waals surface area contributed by atoms with Crippen molar-refractivity contribution in [3.05, 3.63) is 66.3 Å². The minimum Gasteiger partial charge on any atom is -0.478 e. The maximum absolute atomic E-state index is 9.96. The lowest BCUT2D eigenvalue weighted by Gasteiger charge is -2.09. The van der Waals surface area contributed by atoms with Crippen LogP contribution in [0, 0.1) is 5.41 Å². The summed E-state index contributed by atoms with van der Waals surface area (Å²) in [5.41, 5.74) is 1.53. The van der Waals surface area contributed by atoms with Crippen molar-refractivity contribution in [2.75, 3.05) is 0 Å². The molecule has 0 atom stereocenters. The highest BCUT2D eigenvalue weighted by atomic mass is 16.4. The van der Waals surface area contributed by atoms with Crippen molar-refractivity contribution in [1.29, 1.82) is 0 Å². The first-order valence-electron chi connectivity index (χ1n) is 7.49. The first kappa shape index (κ1) is 23.6. The van der Waals surface area contributed by atoms with E-state index < -0.39 is 11.9 Å². The molecule has 0 unspecified atom stereocenters. The summed E-state index contributed by atoms with van der Waals surface area (Å²) in [6.07, 6.45) is 6.22. The second kappa shape index (κ2) is 12.9. The van der Waals surface area contributed by atoms with Gasteiger partial charge in [-0.1, -0.05) is 75.9 Å². The van der Waals surface area contributed by atoms with Crippen molar-refractivity contribution in [3.63, 3.8) is 0 Å². The fraction of sp³-hybridized carbons (Fsp3) is 0.300. The molecule has 1 rings (SSSR count). The third kappa shape index (κ3) is 17.4. The number of rotatable bonds is 3. The van der Waals surface area contributed by atoms with Crippen LogP contribution in [0.2, 0.25) is 0 Å². The monoisotopic (exact) mass is 332 g/mol. The van der Waals surface area contributed by atoms with E-state index >= 15 is 0 Å². The highest BCUT2D eigenvalue weighted by Gasteiger charge is 2.03. The summed E-state index contributed by atoms with van der Waals surface area (Å²) in [6, 6.07) is 10.0. The first-order valence-corrected chi connectivity index (χ1v) is 7.49. The molecule has 0 amide bonds. The summed E-state index contributed by atoms with van der Waals surface area (Å²) in [4.78, 5) is 19.8. The molecule has 0 fully saturated rings. The van der Waals surface area contributed by atoms with E-state index in [2.05, 4.69) is 6.58 Å². The normalized spacial score (nSPS) is 10.8. The first-order chi connectivity index (χ1) is 11.0. The van der Waals surface area contributed by atoms with Crippen molar-refractivity contribution in [3.8, 4) is 0 Å². The molecule has 0 radical (unpaired) electrons. The van der Waals surface area contributed by atoms with Crippen LogP contribution in [0.15, 0.2) is 60.7 Å². The maximum atomic E-state index is 9.96. The molecule has 132 valence electrons. The molecule has 1 aromatic carbocycles. The Hall–Kier alpha value is -2.62. The van der Waals surface area contributed by atoms with Gasteiger partial charge in [0.25, 0.3) is 0 Å². The summed E-state index contributed by atoms with van der Waals surface area (Å²) in [7, 11) is 0. The van der Waals surface area contributed by atoms with Gasteiger partial charge in [-0.2, -0.15) is 0 Å². The Balaban J connectivity index is 0. The second-order valence-corrected chi connectivity index (χ2v) is 5.93. The zero-order valence-electron chi connectivity index (χ0n) is 15.1. The highest BCUT2D eigenvalue weighted by molar-refractivity contribution is 5.85. The fourth-order valence-corrected chi connectivity index (χ4v) is 1.03. The Morgan fingerprint density at radius 1 is 1.08 bits per heavy atom. The van der Waals surface area contributed by atoms with Crippen LogP contribution in [0.1, 0.15) is 40.2 Å². The van der Waals surface area contributed by atoms with Gasteiger partial charge in [-0.15, -0.1) is 0 Å². The van der Waals surface area contributed by atoms with Gasteiger partial charge in [0.15, 0.2) is 0 Å². The minimum absolute atomic E-state index is 0.0294. The van der Waals surface area contributed by atoms with Crippen molar-refractivity contribution in [1.82, 2.24) is 0 Å². The lowest BCUT2D eigenvalue weighted by molar-refractivity contribution is -0.133. The van der Waals surface area contributed by atoms with Crippen LogP contribution in [-0.2, 0) is 9.59 Å². The third-order valence-electron chi connectivity index (χ3n) is 2.53. The summed E-state index contributed by atoms with van der Waals surface area (Å²) < 4.78 is 0. The molecule has 0 bridgehead atoms. The molecule has 1 aromatic rings. The van der Waals surface area contributed by atoms with Crippen molar-refractivity contribution in [2.45, 2.75) is 34.6 Å². The van der Waals surface area contributed by atoms with Crippen LogP contribution in [-0.4, -0.2) is 22.2 Å². The largest absolute Gasteiger partial charge is 0.478 e. The summed E-state index contributed by atoms with van der Waals surface area (Å²) in [5.74, 6) is -1.73. The minimum atomic E-state index is -0.884. The van der Waals surface area contributed by atoms with E-state index in [0.717, 1.165) is 0 Å². The Morgan fingerprint density at radius 2 is 1.58 bits per heavy atom. The fourth-order valence-electron chi connectivity index (χ4n) is 1.03. The van der Waals surface area contributed by atoms with E-state index in [-0.39, 0.29) is 5.41 Å². The molecule has 0 aliphatic carbocycles. The number of benzene rings is 1. The molecule has 0 saturated heterocycles. The van der Waals surface area contributed by atoms with Crippen LogP contribution in [0.5, 0.6) is 0 Å². The van der Waals surface area contributed by atoms with E-state index in [0.29, 0.717) is 5.57 Å². The third-order valence-corrected chi connectivity index (χ3v) is 2.53. The van der Waals surface area contributed by atoms with Gasteiger partial charge in [-0.05, 0) is 24.8 Å². The average Bonchev–Trinajstić information content (AvgIpc) is 2.53. The Kier molecular flexibility index (Phi) is 12.7. The number of hydrogen-bond donors (Lipinski definition) is 2. The molecule has 0 spiro atoms. The number of allylic oxidation sites excluding steroid dienone is 2. The Labute approximate surface area is 144 Å². The van der Waals surface area contributed by atoms with Gasteiger partial charge in [-0.25, -0.2) is 9.59 Å². The molecule has 4 heteroatoms. The van der Waals surface area contributed by atoms with E-state index in [1.807, 2.05) is 57.2 Å². The van der Waals surface area contributed by atoms with Crippen LogP contribution in [0.3, 0.4) is 0 Å². The van der Waals surface area contributed by atoms with Crippen LogP contribution in [0.25, 0.3) is 6.08 Å². The Bertz CT molecular complexity index is 561. The molecule has 0 aliphatic heterocycles. The van der Waals surface area contributed by atoms with Crippen LogP contribution in [0.4, 0.5) is 0 Å². The molecular formula is C20H28O4. The summed E-state index contributed by atoms with van der Waals surface area (Å²) in [5, 5.41) is 16.3. The predicted molar refractivity (Wildman–Crippen MR) is 99.8 cm³/mol. The zero-order valence-corrected chi connectivity index (χ0v) is 15.1. The highest BCUT2D eigenvalue weighted by Crippen LogP contribution is 2.13. The average molecular weight is 332 g/mol. The van der Waals surface area contributed by atoms with Gasteiger partial charge in [0.05, 0.1) is 0 Å².